The van der Waals surface area contributed by atoms with Crippen LogP contribution in [0.15, 0.2) is 36.7 Å². The van der Waals surface area contributed by atoms with E-state index in [4.69, 9.17) is 14.7 Å². The molecule has 1 saturated heterocycles. The molecule has 0 aliphatic carbocycles. The zero-order chi connectivity index (χ0) is 25.9. The van der Waals surface area contributed by atoms with Crippen LogP contribution in [0, 0.1) is 11.3 Å². The number of ether oxygens (including phenoxy) is 2. The summed E-state index contributed by atoms with van der Waals surface area (Å²) in [5, 5.41) is 19.1. The molecular weight excluding hydrogens is 465 g/mol. The first-order valence-electron chi connectivity index (χ1n) is 11.5. The standard InChI is InChI=1S/C25H28FN7O3/c1-24(2,3)36-23(34)33-9-7-25(26,8-10-33)16-5-6-18(20(11-16)35-4)19-12-21(32-31-19)30-22-15-28-17(13-27)14-29-22/h5-6,11-12,14-15H,7-10H2,1-4H3,(H2,29,30,31,32). The molecule has 0 bridgehead atoms. The number of piperidine rings is 1. The van der Waals surface area contributed by atoms with Crippen molar-refractivity contribution < 1.29 is 18.7 Å². The monoisotopic (exact) mass is 493 g/mol. The maximum Gasteiger partial charge on any atom is 0.410 e. The Balaban J connectivity index is 1.47. The van der Waals surface area contributed by atoms with Crippen molar-refractivity contribution in [1.29, 1.82) is 5.26 Å². The molecule has 0 saturated carbocycles. The maximum absolute atomic E-state index is 15.9. The van der Waals surface area contributed by atoms with Gasteiger partial charge in [-0.15, -0.1) is 0 Å². The number of aromatic amines is 1. The van der Waals surface area contributed by atoms with Crippen LogP contribution < -0.4 is 10.1 Å². The lowest BCUT2D eigenvalue weighted by atomic mass is 9.85. The minimum atomic E-state index is -1.59. The van der Waals surface area contributed by atoms with E-state index in [1.165, 1.54) is 19.5 Å². The number of hydrogen-bond acceptors (Lipinski definition) is 8. The van der Waals surface area contributed by atoms with Crippen LogP contribution >= 0.6 is 0 Å². The number of alkyl halides is 1. The number of hydrogen-bond donors (Lipinski definition) is 2. The molecule has 188 valence electrons. The van der Waals surface area contributed by atoms with Crippen molar-refractivity contribution in [2.45, 2.75) is 44.9 Å². The number of carbonyl (C=O) groups excluding carboxylic acids is 1. The van der Waals surface area contributed by atoms with Crippen LogP contribution in [0.3, 0.4) is 0 Å². The number of benzene rings is 1. The fourth-order valence-electron chi connectivity index (χ4n) is 3.95. The van der Waals surface area contributed by atoms with Crippen LogP contribution in [0.5, 0.6) is 5.75 Å². The summed E-state index contributed by atoms with van der Waals surface area (Å²) in [6, 6.07) is 8.88. The molecule has 3 aromatic rings. The van der Waals surface area contributed by atoms with Gasteiger partial charge in [0.05, 0.1) is 25.2 Å². The van der Waals surface area contributed by atoms with Crippen molar-refractivity contribution in [2.24, 2.45) is 0 Å². The molecule has 1 aromatic carbocycles. The average Bonchev–Trinajstić information content (AvgIpc) is 3.31. The Bertz CT molecular complexity index is 1270. The van der Waals surface area contributed by atoms with Gasteiger partial charge in [0.15, 0.2) is 5.69 Å². The molecule has 0 unspecified atom stereocenters. The minimum Gasteiger partial charge on any atom is -0.496 e. The van der Waals surface area contributed by atoms with Crippen LogP contribution in [0.2, 0.25) is 0 Å². The highest BCUT2D eigenvalue weighted by molar-refractivity contribution is 5.71. The first-order chi connectivity index (χ1) is 17.1. The molecule has 3 heterocycles. The Morgan fingerprint density at radius 1 is 1.22 bits per heavy atom. The molecule has 0 radical (unpaired) electrons. The number of nitriles is 1. The van der Waals surface area contributed by atoms with Crippen molar-refractivity contribution in [1.82, 2.24) is 25.1 Å². The second-order valence-corrected chi connectivity index (χ2v) is 9.54. The van der Waals surface area contributed by atoms with E-state index in [2.05, 4.69) is 25.5 Å². The van der Waals surface area contributed by atoms with Crippen molar-refractivity contribution in [2.75, 3.05) is 25.5 Å². The normalized spacial score (nSPS) is 15.2. The first kappa shape index (κ1) is 24.9. The molecule has 0 spiro atoms. The zero-order valence-corrected chi connectivity index (χ0v) is 20.6. The van der Waals surface area contributed by atoms with Gasteiger partial charge in [-0.25, -0.2) is 19.2 Å². The van der Waals surface area contributed by atoms with E-state index in [1.54, 1.807) is 29.2 Å². The molecule has 2 aromatic heterocycles. The summed E-state index contributed by atoms with van der Waals surface area (Å²) in [5.41, 5.74) is -0.190. The van der Waals surface area contributed by atoms with Crippen LogP contribution in [0.1, 0.15) is 44.9 Å². The van der Waals surface area contributed by atoms with Gasteiger partial charge in [-0.05, 0) is 38.5 Å². The van der Waals surface area contributed by atoms with Gasteiger partial charge in [-0.2, -0.15) is 10.4 Å². The highest BCUT2D eigenvalue weighted by Crippen LogP contribution is 2.41. The number of likely N-dealkylation sites (tertiary alicyclic amines) is 1. The quantitative estimate of drug-likeness (QED) is 0.524. The van der Waals surface area contributed by atoms with Crippen molar-refractivity contribution in [3.8, 4) is 23.1 Å². The summed E-state index contributed by atoms with van der Waals surface area (Å²) in [7, 11) is 1.52. The number of anilines is 2. The molecule has 1 fully saturated rings. The Labute approximate surface area is 208 Å². The van der Waals surface area contributed by atoms with E-state index in [1.807, 2.05) is 26.8 Å². The molecule has 10 nitrogen and oxygen atoms in total. The minimum absolute atomic E-state index is 0.164. The molecule has 1 amide bonds. The van der Waals surface area contributed by atoms with Gasteiger partial charge in [-0.1, -0.05) is 6.07 Å². The Morgan fingerprint density at radius 3 is 2.58 bits per heavy atom. The van der Waals surface area contributed by atoms with Gasteiger partial charge in [0.25, 0.3) is 0 Å². The van der Waals surface area contributed by atoms with Gasteiger partial charge in [0.1, 0.15) is 34.7 Å². The van der Waals surface area contributed by atoms with Gasteiger partial charge < -0.3 is 19.7 Å². The molecule has 36 heavy (non-hydrogen) atoms. The Morgan fingerprint density at radius 2 is 1.97 bits per heavy atom. The summed E-state index contributed by atoms with van der Waals surface area (Å²) in [5.74, 6) is 1.49. The maximum atomic E-state index is 15.9. The summed E-state index contributed by atoms with van der Waals surface area (Å²) in [4.78, 5) is 22.0. The number of nitrogens with one attached hydrogen (secondary N) is 2. The van der Waals surface area contributed by atoms with Crippen LogP contribution in [0.4, 0.5) is 20.8 Å². The summed E-state index contributed by atoms with van der Waals surface area (Å²) < 4.78 is 26.9. The highest BCUT2D eigenvalue weighted by Gasteiger charge is 2.39. The predicted molar refractivity (Wildman–Crippen MR) is 130 cm³/mol. The summed E-state index contributed by atoms with van der Waals surface area (Å²) in [6.07, 6.45) is 2.72. The van der Waals surface area contributed by atoms with Gasteiger partial charge >= 0.3 is 6.09 Å². The smallest absolute Gasteiger partial charge is 0.410 e. The van der Waals surface area contributed by atoms with E-state index >= 15 is 4.39 Å². The molecule has 1 aliphatic heterocycles. The summed E-state index contributed by atoms with van der Waals surface area (Å²) in [6.45, 7) is 5.95. The predicted octanol–water partition coefficient (Wildman–Crippen LogP) is 4.69. The number of carbonyl (C=O) groups is 1. The van der Waals surface area contributed by atoms with Crippen molar-refractivity contribution in [3.05, 3.63) is 47.9 Å². The number of halogens is 1. The molecule has 2 N–H and O–H groups in total. The first-order valence-corrected chi connectivity index (χ1v) is 11.5. The topological polar surface area (TPSA) is 129 Å². The van der Waals surface area contributed by atoms with E-state index in [0.717, 1.165) is 0 Å². The van der Waals surface area contributed by atoms with Gasteiger partial charge in [0.2, 0.25) is 0 Å². The van der Waals surface area contributed by atoms with E-state index < -0.39 is 17.4 Å². The number of aromatic nitrogens is 4. The number of H-pyrrole nitrogens is 1. The number of nitrogens with zero attached hydrogens (tertiary/aromatic N) is 5. The second-order valence-electron chi connectivity index (χ2n) is 9.54. The van der Waals surface area contributed by atoms with Crippen LogP contribution in [-0.2, 0) is 10.4 Å². The molecule has 11 heteroatoms. The largest absolute Gasteiger partial charge is 0.496 e. The number of amides is 1. The molecule has 4 rings (SSSR count). The third-order valence-corrected chi connectivity index (χ3v) is 5.81. The Hall–Kier alpha value is -4.20. The fourth-order valence-corrected chi connectivity index (χ4v) is 3.95. The van der Waals surface area contributed by atoms with Crippen molar-refractivity contribution >= 4 is 17.7 Å². The molecule has 1 aliphatic rings. The fraction of sp³-hybridized carbons (Fsp3) is 0.400. The summed E-state index contributed by atoms with van der Waals surface area (Å²) >= 11 is 0. The Kier molecular flexibility index (Phi) is 6.79. The lowest BCUT2D eigenvalue weighted by Crippen LogP contribution is -2.45. The molecular formula is C25H28FN7O3. The van der Waals surface area contributed by atoms with Crippen LogP contribution in [-0.4, -0.2) is 57.0 Å². The highest BCUT2D eigenvalue weighted by atomic mass is 19.1. The molecule has 0 atom stereocenters. The third-order valence-electron chi connectivity index (χ3n) is 5.81. The number of rotatable bonds is 5. The zero-order valence-electron chi connectivity index (χ0n) is 20.6. The average molecular weight is 494 g/mol. The number of methoxy groups -OCH3 is 1. The van der Waals surface area contributed by atoms with E-state index in [9.17, 15) is 4.79 Å². The lowest BCUT2D eigenvalue weighted by molar-refractivity contribution is 0.00216. The second kappa shape index (κ2) is 9.81. The van der Waals surface area contributed by atoms with Gasteiger partial charge in [0, 0.05) is 37.6 Å². The SMILES string of the molecule is COc1cc(C2(F)CCN(C(=O)OC(C)(C)C)CC2)ccc1-c1cc(Nc2cnc(C#N)cn2)[nH]n1. The third kappa shape index (κ3) is 5.54. The van der Waals surface area contributed by atoms with Gasteiger partial charge in [-0.3, -0.25) is 5.10 Å². The van der Waals surface area contributed by atoms with E-state index in [-0.39, 0.29) is 31.6 Å². The van der Waals surface area contributed by atoms with Crippen LogP contribution in [0.25, 0.3) is 11.3 Å². The van der Waals surface area contributed by atoms with Crippen molar-refractivity contribution in [3.63, 3.8) is 0 Å². The van der Waals surface area contributed by atoms with E-state index in [0.29, 0.717) is 34.2 Å². The lowest BCUT2D eigenvalue weighted by Gasteiger charge is -2.37.